The molecule has 2 heterocycles. The number of carbonyl (C=O) groups is 1. The number of fused-ring (bicyclic) bond motifs is 1. The van der Waals surface area contributed by atoms with E-state index in [1.54, 1.807) is 7.11 Å². The number of ether oxygens (including phenoxy) is 1. The highest BCUT2D eigenvalue weighted by molar-refractivity contribution is 8.00. The summed E-state index contributed by atoms with van der Waals surface area (Å²) in [6.45, 7) is 6.17. The fourth-order valence-electron chi connectivity index (χ4n) is 3.64. The van der Waals surface area contributed by atoms with E-state index in [0.717, 1.165) is 46.8 Å². The Morgan fingerprint density at radius 1 is 1.19 bits per heavy atom. The van der Waals surface area contributed by atoms with E-state index in [0.29, 0.717) is 5.16 Å². The van der Waals surface area contributed by atoms with Crippen LogP contribution in [-0.2, 0) is 11.2 Å². The summed E-state index contributed by atoms with van der Waals surface area (Å²) < 4.78 is 7.22. The first kappa shape index (κ1) is 21.2. The Bertz CT molecular complexity index is 1080. The van der Waals surface area contributed by atoms with Crippen molar-refractivity contribution in [2.75, 3.05) is 17.9 Å². The second-order valence-electron chi connectivity index (χ2n) is 7.64. The molecule has 162 valence electrons. The van der Waals surface area contributed by atoms with Gasteiger partial charge >= 0.3 is 0 Å². The zero-order chi connectivity index (χ0) is 22.0. The maximum atomic E-state index is 13.4. The van der Waals surface area contributed by atoms with Gasteiger partial charge in [-0.05, 0) is 55.2 Å². The number of amides is 1. The first-order valence-corrected chi connectivity index (χ1v) is 11.3. The van der Waals surface area contributed by atoms with E-state index in [1.165, 1.54) is 11.8 Å². The van der Waals surface area contributed by atoms with Crippen LogP contribution in [-0.4, -0.2) is 33.1 Å². The number of thioether (sulfide) groups is 1. The van der Waals surface area contributed by atoms with Gasteiger partial charge in [0.15, 0.2) is 5.82 Å². The minimum absolute atomic E-state index is 0.0710. The van der Waals surface area contributed by atoms with Crippen LogP contribution in [0.15, 0.2) is 47.6 Å². The Balaban J connectivity index is 1.68. The molecule has 1 amide bonds. The molecule has 7 nitrogen and oxygen atoms in total. The monoisotopic (exact) mass is 437 g/mol. The van der Waals surface area contributed by atoms with Crippen molar-refractivity contribution in [2.24, 2.45) is 0 Å². The van der Waals surface area contributed by atoms with Gasteiger partial charge < -0.3 is 15.5 Å². The van der Waals surface area contributed by atoms with Crippen molar-refractivity contribution >= 4 is 23.4 Å². The molecule has 2 aromatic carbocycles. The Hall–Kier alpha value is -3.00. The number of nitrogens with one attached hydrogen (secondary N) is 2. The minimum Gasteiger partial charge on any atom is -0.497 e. The highest BCUT2D eigenvalue weighted by Crippen LogP contribution is 2.38. The summed E-state index contributed by atoms with van der Waals surface area (Å²) in [6.07, 6.45) is 1.78. The quantitative estimate of drug-likeness (QED) is 0.600. The number of hydrogen-bond acceptors (Lipinski definition) is 6. The molecule has 0 saturated carbocycles. The fourth-order valence-corrected chi connectivity index (χ4v) is 4.73. The maximum absolute atomic E-state index is 13.4. The van der Waals surface area contributed by atoms with E-state index in [2.05, 4.69) is 27.9 Å². The van der Waals surface area contributed by atoms with Crippen LogP contribution in [0.5, 0.6) is 5.75 Å². The third-order valence-electron chi connectivity index (χ3n) is 5.57. The van der Waals surface area contributed by atoms with E-state index in [-0.39, 0.29) is 11.9 Å². The second kappa shape index (κ2) is 9.01. The minimum atomic E-state index is -0.417. The predicted octanol–water partition coefficient (Wildman–Crippen LogP) is 4.25. The number of benzene rings is 2. The number of aromatic nitrogens is 3. The van der Waals surface area contributed by atoms with Crippen molar-refractivity contribution in [3.63, 3.8) is 0 Å². The van der Waals surface area contributed by atoms with Crippen LogP contribution in [0.3, 0.4) is 0 Å². The molecule has 0 fully saturated rings. The van der Waals surface area contributed by atoms with Crippen molar-refractivity contribution in [3.05, 3.63) is 65.0 Å². The molecular formula is C23H27N5O2S. The Labute approximate surface area is 186 Å². The normalized spacial score (nSPS) is 17.5. The van der Waals surface area contributed by atoms with Crippen LogP contribution in [0.2, 0.25) is 0 Å². The van der Waals surface area contributed by atoms with E-state index in [1.807, 2.05) is 61.0 Å². The van der Waals surface area contributed by atoms with Crippen molar-refractivity contribution < 1.29 is 9.53 Å². The molecule has 3 aromatic rings. The molecule has 2 N–H and O–H groups in total. The molecule has 1 aromatic heterocycles. The van der Waals surface area contributed by atoms with Crippen LogP contribution < -0.4 is 15.5 Å². The molecule has 0 spiro atoms. The molecule has 0 aliphatic carbocycles. The molecule has 0 radical (unpaired) electrons. The van der Waals surface area contributed by atoms with Crippen molar-refractivity contribution in [2.45, 2.75) is 50.1 Å². The highest BCUT2D eigenvalue weighted by atomic mass is 32.2. The summed E-state index contributed by atoms with van der Waals surface area (Å²) in [5, 5.41) is 12.0. The highest BCUT2D eigenvalue weighted by Gasteiger charge is 2.38. The zero-order valence-electron chi connectivity index (χ0n) is 18.2. The van der Waals surface area contributed by atoms with E-state index < -0.39 is 5.25 Å². The van der Waals surface area contributed by atoms with Crippen LogP contribution in [0.25, 0.3) is 0 Å². The average Bonchev–Trinajstić information content (AvgIpc) is 3.18. The van der Waals surface area contributed by atoms with Gasteiger partial charge in [-0.15, -0.1) is 10.2 Å². The van der Waals surface area contributed by atoms with Gasteiger partial charge in [-0.2, -0.15) is 0 Å². The molecule has 0 saturated heterocycles. The first-order chi connectivity index (χ1) is 15.0. The Morgan fingerprint density at radius 3 is 2.68 bits per heavy atom. The van der Waals surface area contributed by atoms with Crippen molar-refractivity contribution in [3.8, 4) is 5.75 Å². The standard InChI is InChI=1S/C23H27N5O2S/c1-5-7-19-25-26-23-28(19)27-20(16-10-12-17(30-4)13-11-16)21(31-23)22(29)24-18-9-6-8-14(2)15(18)3/h6,8-13,20-21,27H,5,7H2,1-4H3,(H,24,29). The Morgan fingerprint density at radius 2 is 1.97 bits per heavy atom. The number of aryl methyl sites for hydroxylation is 2. The van der Waals surface area contributed by atoms with Crippen molar-refractivity contribution in [1.82, 2.24) is 14.9 Å². The third kappa shape index (κ3) is 4.25. The predicted molar refractivity (Wildman–Crippen MR) is 123 cm³/mol. The fraction of sp³-hybridized carbons (Fsp3) is 0.348. The lowest BCUT2D eigenvalue weighted by Gasteiger charge is -2.33. The number of hydrogen-bond donors (Lipinski definition) is 2. The second-order valence-corrected chi connectivity index (χ2v) is 8.75. The molecule has 0 bridgehead atoms. The number of carbonyl (C=O) groups excluding carboxylic acids is 1. The molecule has 1 aliphatic heterocycles. The lowest BCUT2D eigenvalue weighted by atomic mass is 10.0. The smallest absolute Gasteiger partial charge is 0.240 e. The van der Waals surface area contributed by atoms with Gasteiger partial charge in [-0.1, -0.05) is 43.0 Å². The third-order valence-corrected chi connectivity index (χ3v) is 6.79. The molecule has 2 atom stereocenters. The Kier molecular flexibility index (Phi) is 6.18. The van der Waals surface area contributed by atoms with Crippen LogP contribution in [0, 0.1) is 13.8 Å². The summed E-state index contributed by atoms with van der Waals surface area (Å²) in [7, 11) is 1.64. The van der Waals surface area contributed by atoms with Crippen LogP contribution in [0.4, 0.5) is 5.69 Å². The molecule has 2 unspecified atom stereocenters. The van der Waals surface area contributed by atoms with E-state index in [4.69, 9.17) is 4.74 Å². The average molecular weight is 438 g/mol. The van der Waals surface area contributed by atoms with E-state index in [9.17, 15) is 4.79 Å². The SMILES string of the molecule is CCCc1nnc2n1NC(c1ccc(OC)cc1)C(C(=O)Nc1cccc(C)c1C)S2. The largest absolute Gasteiger partial charge is 0.497 e. The number of nitrogens with zero attached hydrogens (tertiary/aromatic N) is 3. The zero-order valence-corrected chi connectivity index (χ0v) is 19.0. The number of methoxy groups -OCH3 is 1. The van der Waals surface area contributed by atoms with Gasteiger partial charge in [0, 0.05) is 12.1 Å². The topological polar surface area (TPSA) is 81.1 Å². The lowest BCUT2D eigenvalue weighted by molar-refractivity contribution is -0.116. The van der Waals surface area contributed by atoms with Gasteiger partial charge in [0.25, 0.3) is 0 Å². The van der Waals surface area contributed by atoms with E-state index >= 15 is 0 Å². The van der Waals surface area contributed by atoms with Gasteiger partial charge in [-0.3, -0.25) is 4.79 Å². The number of anilines is 1. The molecule has 8 heteroatoms. The molecule has 4 rings (SSSR count). The van der Waals surface area contributed by atoms with Gasteiger partial charge in [0.05, 0.1) is 13.2 Å². The van der Waals surface area contributed by atoms with Gasteiger partial charge in [-0.25, -0.2) is 4.68 Å². The maximum Gasteiger partial charge on any atom is 0.240 e. The summed E-state index contributed by atoms with van der Waals surface area (Å²) >= 11 is 1.44. The number of rotatable bonds is 6. The van der Waals surface area contributed by atoms with Crippen molar-refractivity contribution in [1.29, 1.82) is 0 Å². The van der Waals surface area contributed by atoms with Crippen LogP contribution in [0.1, 0.15) is 41.9 Å². The molecular weight excluding hydrogens is 410 g/mol. The molecule has 1 aliphatic rings. The molecule has 31 heavy (non-hydrogen) atoms. The first-order valence-electron chi connectivity index (χ1n) is 10.4. The summed E-state index contributed by atoms with van der Waals surface area (Å²) in [5.74, 6) is 1.58. The van der Waals surface area contributed by atoms with Gasteiger partial charge in [0.2, 0.25) is 11.1 Å². The van der Waals surface area contributed by atoms with Gasteiger partial charge in [0.1, 0.15) is 11.0 Å². The summed E-state index contributed by atoms with van der Waals surface area (Å²) in [4.78, 5) is 13.4. The van der Waals surface area contributed by atoms with Crippen LogP contribution >= 0.6 is 11.8 Å². The summed E-state index contributed by atoms with van der Waals surface area (Å²) in [6, 6.07) is 13.5. The lowest BCUT2D eigenvalue weighted by Crippen LogP contribution is -2.41. The summed E-state index contributed by atoms with van der Waals surface area (Å²) in [5.41, 5.74) is 7.53.